The van der Waals surface area contributed by atoms with Crippen LogP contribution in [0.3, 0.4) is 0 Å². The lowest BCUT2D eigenvalue weighted by Crippen LogP contribution is -2.19. The highest BCUT2D eigenvalue weighted by Gasteiger charge is 2.23. The molecule has 0 aliphatic heterocycles. The number of carboxylic acid groups (broad SMARTS) is 1. The summed E-state index contributed by atoms with van der Waals surface area (Å²) in [4.78, 5) is 16.0. The van der Waals surface area contributed by atoms with Crippen molar-refractivity contribution in [3.63, 3.8) is 0 Å². The third kappa shape index (κ3) is 2.05. The zero-order valence-corrected chi connectivity index (χ0v) is 11.0. The van der Waals surface area contributed by atoms with Gasteiger partial charge in [-0.1, -0.05) is 36.4 Å². The van der Waals surface area contributed by atoms with Crippen LogP contribution in [0.15, 0.2) is 54.9 Å². The zero-order valence-electron chi connectivity index (χ0n) is 11.0. The fourth-order valence-corrected chi connectivity index (χ4v) is 2.41. The second-order valence-corrected chi connectivity index (χ2v) is 4.80. The standard InChI is InChI=1S/C16H14N2O2/c1-11-7-8-14-13(9-11)17-10-18(14)15(16(19)20)12-5-3-2-4-6-12/h2-10,15H,1H3,(H,19,20). The van der Waals surface area contributed by atoms with Gasteiger partial charge in [-0.15, -0.1) is 0 Å². The van der Waals surface area contributed by atoms with Gasteiger partial charge in [-0.25, -0.2) is 9.78 Å². The molecule has 100 valence electrons. The van der Waals surface area contributed by atoms with Crippen LogP contribution in [0.1, 0.15) is 17.2 Å². The van der Waals surface area contributed by atoms with E-state index in [9.17, 15) is 9.90 Å². The predicted octanol–water partition coefficient (Wildman–Crippen LogP) is 3.02. The van der Waals surface area contributed by atoms with Crippen LogP contribution in [0.4, 0.5) is 0 Å². The minimum Gasteiger partial charge on any atom is -0.479 e. The third-order valence-electron chi connectivity index (χ3n) is 3.36. The number of imidazole rings is 1. The smallest absolute Gasteiger partial charge is 0.331 e. The van der Waals surface area contributed by atoms with E-state index in [0.717, 1.165) is 22.2 Å². The number of nitrogens with zero attached hydrogens (tertiary/aromatic N) is 2. The van der Waals surface area contributed by atoms with Crippen molar-refractivity contribution in [3.8, 4) is 0 Å². The molecule has 0 radical (unpaired) electrons. The Hall–Kier alpha value is -2.62. The van der Waals surface area contributed by atoms with Crippen molar-refractivity contribution in [1.29, 1.82) is 0 Å². The second-order valence-electron chi connectivity index (χ2n) is 4.80. The van der Waals surface area contributed by atoms with Crippen molar-refractivity contribution in [2.75, 3.05) is 0 Å². The molecular formula is C16H14N2O2. The van der Waals surface area contributed by atoms with E-state index in [-0.39, 0.29) is 0 Å². The number of benzene rings is 2. The Kier molecular flexibility index (Phi) is 2.99. The van der Waals surface area contributed by atoms with E-state index in [0.29, 0.717) is 0 Å². The molecular weight excluding hydrogens is 252 g/mol. The molecule has 4 heteroatoms. The van der Waals surface area contributed by atoms with Gasteiger partial charge in [-0.3, -0.25) is 0 Å². The van der Waals surface area contributed by atoms with Crippen LogP contribution in [0.2, 0.25) is 0 Å². The van der Waals surface area contributed by atoms with Gasteiger partial charge in [0.2, 0.25) is 0 Å². The molecule has 0 saturated heterocycles. The Balaban J connectivity index is 2.18. The Bertz CT molecular complexity index is 763. The van der Waals surface area contributed by atoms with Crippen molar-refractivity contribution in [2.24, 2.45) is 0 Å². The molecule has 1 heterocycles. The van der Waals surface area contributed by atoms with E-state index in [1.807, 2.05) is 55.5 Å². The van der Waals surface area contributed by atoms with Gasteiger partial charge in [0.25, 0.3) is 0 Å². The molecule has 1 atom stereocenters. The molecule has 0 aliphatic carbocycles. The Morgan fingerprint density at radius 2 is 1.95 bits per heavy atom. The predicted molar refractivity (Wildman–Crippen MR) is 76.7 cm³/mol. The van der Waals surface area contributed by atoms with Crippen LogP contribution < -0.4 is 0 Å². The molecule has 0 amide bonds. The van der Waals surface area contributed by atoms with E-state index in [1.165, 1.54) is 0 Å². The molecule has 20 heavy (non-hydrogen) atoms. The van der Waals surface area contributed by atoms with Gasteiger partial charge in [0.05, 0.1) is 17.4 Å². The van der Waals surface area contributed by atoms with Gasteiger partial charge in [0.15, 0.2) is 6.04 Å². The maximum atomic E-state index is 11.7. The molecule has 0 spiro atoms. The number of aryl methyl sites for hydroxylation is 1. The quantitative estimate of drug-likeness (QED) is 0.792. The molecule has 1 N–H and O–H groups in total. The van der Waals surface area contributed by atoms with Crippen LogP contribution in [-0.4, -0.2) is 20.6 Å². The molecule has 3 rings (SSSR count). The Morgan fingerprint density at radius 3 is 2.65 bits per heavy atom. The summed E-state index contributed by atoms with van der Waals surface area (Å²) in [5, 5.41) is 9.56. The maximum absolute atomic E-state index is 11.7. The summed E-state index contributed by atoms with van der Waals surface area (Å²) < 4.78 is 1.70. The van der Waals surface area contributed by atoms with Crippen molar-refractivity contribution in [3.05, 3.63) is 66.0 Å². The van der Waals surface area contributed by atoms with Gasteiger partial charge in [0, 0.05) is 0 Å². The van der Waals surface area contributed by atoms with E-state index in [1.54, 1.807) is 10.9 Å². The number of carbonyl (C=O) groups is 1. The summed E-state index contributed by atoms with van der Waals surface area (Å²) in [5.41, 5.74) is 3.48. The molecule has 3 aromatic rings. The SMILES string of the molecule is Cc1ccc2c(c1)ncn2C(C(=O)O)c1ccccc1. The Morgan fingerprint density at radius 1 is 1.20 bits per heavy atom. The zero-order chi connectivity index (χ0) is 14.1. The third-order valence-corrected chi connectivity index (χ3v) is 3.36. The normalized spacial score (nSPS) is 12.4. The number of aliphatic carboxylic acids is 1. The summed E-state index contributed by atoms with van der Waals surface area (Å²) in [6, 6.07) is 14.3. The first kappa shape index (κ1) is 12.4. The molecule has 4 nitrogen and oxygen atoms in total. The summed E-state index contributed by atoms with van der Waals surface area (Å²) in [5.74, 6) is -0.893. The lowest BCUT2D eigenvalue weighted by atomic mass is 10.1. The highest BCUT2D eigenvalue weighted by atomic mass is 16.4. The summed E-state index contributed by atoms with van der Waals surface area (Å²) in [6.07, 6.45) is 1.59. The van der Waals surface area contributed by atoms with Gasteiger partial charge in [0.1, 0.15) is 0 Å². The largest absolute Gasteiger partial charge is 0.479 e. The fraction of sp³-hybridized carbons (Fsp3) is 0.125. The Labute approximate surface area is 116 Å². The molecule has 1 aromatic heterocycles. The highest BCUT2D eigenvalue weighted by Crippen LogP contribution is 2.24. The number of rotatable bonds is 3. The van der Waals surface area contributed by atoms with E-state index >= 15 is 0 Å². The van der Waals surface area contributed by atoms with Crippen molar-refractivity contribution in [1.82, 2.24) is 9.55 Å². The molecule has 2 aromatic carbocycles. The van der Waals surface area contributed by atoms with Crippen LogP contribution in [0.5, 0.6) is 0 Å². The van der Waals surface area contributed by atoms with Crippen LogP contribution >= 0.6 is 0 Å². The van der Waals surface area contributed by atoms with Crippen LogP contribution in [0, 0.1) is 6.92 Å². The summed E-state index contributed by atoms with van der Waals surface area (Å²) >= 11 is 0. The van der Waals surface area contributed by atoms with E-state index in [2.05, 4.69) is 4.98 Å². The van der Waals surface area contributed by atoms with Gasteiger partial charge >= 0.3 is 5.97 Å². The number of carboxylic acids is 1. The first-order chi connectivity index (χ1) is 9.66. The number of hydrogen-bond donors (Lipinski definition) is 1. The minimum absolute atomic E-state index is 0.736. The molecule has 1 unspecified atom stereocenters. The summed E-state index contributed by atoms with van der Waals surface area (Å²) in [6.45, 7) is 1.99. The highest BCUT2D eigenvalue weighted by molar-refractivity contribution is 5.82. The second kappa shape index (κ2) is 4.81. The maximum Gasteiger partial charge on any atom is 0.331 e. The first-order valence-electron chi connectivity index (χ1n) is 6.38. The fourth-order valence-electron chi connectivity index (χ4n) is 2.41. The summed E-state index contributed by atoms with van der Waals surface area (Å²) in [7, 11) is 0. The lowest BCUT2D eigenvalue weighted by molar-refractivity contribution is -0.139. The van der Waals surface area contributed by atoms with Crippen molar-refractivity contribution < 1.29 is 9.90 Å². The van der Waals surface area contributed by atoms with Crippen molar-refractivity contribution >= 4 is 17.0 Å². The van der Waals surface area contributed by atoms with Gasteiger partial charge in [-0.2, -0.15) is 0 Å². The first-order valence-corrected chi connectivity index (χ1v) is 6.38. The van der Waals surface area contributed by atoms with Crippen molar-refractivity contribution in [2.45, 2.75) is 13.0 Å². The molecule has 0 aliphatic rings. The topological polar surface area (TPSA) is 55.1 Å². The molecule has 0 fully saturated rings. The van der Waals surface area contributed by atoms with Gasteiger partial charge in [-0.05, 0) is 30.2 Å². The number of aromatic nitrogens is 2. The average Bonchev–Trinajstić information content (AvgIpc) is 2.83. The van der Waals surface area contributed by atoms with E-state index < -0.39 is 12.0 Å². The number of fused-ring (bicyclic) bond motifs is 1. The average molecular weight is 266 g/mol. The minimum atomic E-state index is -0.893. The molecule has 0 bridgehead atoms. The van der Waals surface area contributed by atoms with Crippen LogP contribution in [-0.2, 0) is 4.79 Å². The van der Waals surface area contributed by atoms with E-state index in [4.69, 9.17) is 0 Å². The lowest BCUT2D eigenvalue weighted by Gasteiger charge is -2.15. The van der Waals surface area contributed by atoms with Gasteiger partial charge < -0.3 is 9.67 Å². The van der Waals surface area contributed by atoms with Crippen LogP contribution in [0.25, 0.3) is 11.0 Å². The monoisotopic (exact) mass is 266 g/mol. The molecule has 0 saturated carbocycles. The number of hydrogen-bond acceptors (Lipinski definition) is 2.